The molecule has 0 saturated heterocycles. The van der Waals surface area contributed by atoms with Gasteiger partial charge in [-0.15, -0.1) is 0 Å². The lowest BCUT2D eigenvalue weighted by Gasteiger charge is -2.09. The van der Waals surface area contributed by atoms with Gasteiger partial charge in [-0.25, -0.2) is 4.39 Å². The summed E-state index contributed by atoms with van der Waals surface area (Å²) in [5, 5.41) is 0.686. The minimum atomic E-state index is -0.306. The van der Waals surface area contributed by atoms with Gasteiger partial charge in [-0.1, -0.05) is 36.7 Å². The molecule has 0 aliphatic heterocycles. The molecule has 0 atom stereocenters. The van der Waals surface area contributed by atoms with Crippen molar-refractivity contribution in [1.82, 2.24) is 0 Å². The Kier molecular flexibility index (Phi) is 4.21. The van der Waals surface area contributed by atoms with Crippen molar-refractivity contribution in [1.29, 1.82) is 0 Å². The van der Waals surface area contributed by atoms with Crippen LogP contribution in [0.5, 0.6) is 5.75 Å². The Hall–Kier alpha value is -1.54. The lowest BCUT2D eigenvalue weighted by atomic mass is 10.1. The normalized spacial score (nSPS) is 10.4. The highest BCUT2D eigenvalue weighted by molar-refractivity contribution is 6.31. The Morgan fingerprint density at radius 2 is 2.00 bits per heavy atom. The monoisotopic (exact) mass is 264 g/mol. The van der Waals surface area contributed by atoms with E-state index in [4.69, 9.17) is 16.3 Å². The van der Waals surface area contributed by atoms with E-state index in [1.54, 1.807) is 12.1 Å². The van der Waals surface area contributed by atoms with E-state index in [0.717, 1.165) is 12.0 Å². The Labute approximate surface area is 111 Å². The van der Waals surface area contributed by atoms with Gasteiger partial charge in [0.1, 0.15) is 18.2 Å². The van der Waals surface area contributed by atoms with Gasteiger partial charge in [0, 0.05) is 16.7 Å². The first-order chi connectivity index (χ1) is 8.69. The molecule has 0 aliphatic carbocycles. The Bertz CT molecular complexity index is 540. The van der Waals surface area contributed by atoms with E-state index < -0.39 is 0 Å². The molecule has 0 unspecified atom stereocenters. The average molecular weight is 265 g/mol. The molecule has 0 fully saturated rings. The lowest BCUT2D eigenvalue weighted by Crippen LogP contribution is -1.97. The summed E-state index contributed by atoms with van der Waals surface area (Å²) in [7, 11) is 0. The van der Waals surface area contributed by atoms with Crippen LogP contribution in [0.4, 0.5) is 4.39 Å². The van der Waals surface area contributed by atoms with Crippen LogP contribution in [-0.4, -0.2) is 0 Å². The number of rotatable bonds is 4. The summed E-state index contributed by atoms with van der Waals surface area (Å²) in [6.07, 6.45) is 0.949. The molecule has 0 saturated carbocycles. The molecule has 2 aromatic carbocycles. The van der Waals surface area contributed by atoms with Crippen LogP contribution in [0.2, 0.25) is 5.02 Å². The van der Waals surface area contributed by atoms with Crippen LogP contribution < -0.4 is 4.74 Å². The SMILES string of the molecule is CCc1ccc(COc2cccc(F)c2)c(Cl)c1. The molecule has 2 rings (SSSR count). The Balaban J connectivity index is 2.06. The van der Waals surface area contributed by atoms with Crippen LogP contribution >= 0.6 is 11.6 Å². The molecule has 94 valence electrons. The van der Waals surface area contributed by atoms with E-state index in [1.165, 1.54) is 17.7 Å². The van der Waals surface area contributed by atoms with Gasteiger partial charge in [0.2, 0.25) is 0 Å². The van der Waals surface area contributed by atoms with Crippen LogP contribution in [0, 0.1) is 5.82 Å². The second kappa shape index (κ2) is 5.87. The zero-order chi connectivity index (χ0) is 13.0. The van der Waals surface area contributed by atoms with Crippen LogP contribution in [0.15, 0.2) is 42.5 Å². The van der Waals surface area contributed by atoms with Gasteiger partial charge in [0.15, 0.2) is 0 Å². The Morgan fingerprint density at radius 3 is 2.67 bits per heavy atom. The highest BCUT2D eigenvalue weighted by atomic mass is 35.5. The number of ether oxygens (including phenoxy) is 1. The standard InChI is InChI=1S/C15H14ClFO/c1-2-11-6-7-12(15(16)8-11)10-18-14-5-3-4-13(17)9-14/h3-9H,2,10H2,1H3. The molecule has 0 bridgehead atoms. The van der Waals surface area contributed by atoms with Gasteiger partial charge in [-0.2, -0.15) is 0 Å². The van der Waals surface area contributed by atoms with Crippen molar-refractivity contribution in [2.75, 3.05) is 0 Å². The third-order valence-corrected chi connectivity index (χ3v) is 3.07. The smallest absolute Gasteiger partial charge is 0.126 e. The minimum Gasteiger partial charge on any atom is -0.489 e. The van der Waals surface area contributed by atoms with Crippen molar-refractivity contribution in [2.45, 2.75) is 20.0 Å². The molecular weight excluding hydrogens is 251 g/mol. The molecule has 0 radical (unpaired) electrons. The van der Waals surface area contributed by atoms with Crippen LogP contribution in [0.1, 0.15) is 18.1 Å². The van der Waals surface area contributed by atoms with Crippen molar-refractivity contribution in [2.24, 2.45) is 0 Å². The summed E-state index contributed by atoms with van der Waals surface area (Å²) in [6.45, 7) is 2.42. The van der Waals surface area contributed by atoms with Crippen molar-refractivity contribution >= 4 is 11.6 Å². The van der Waals surface area contributed by atoms with Gasteiger partial charge in [0.05, 0.1) is 0 Å². The van der Waals surface area contributed by atoms with E-state index in [2.05, 4.69) is 6.92 Å². The number of benzene rings is 2. The van der Waals surface area contributed by atoms with Gasteiger partial charge in [0.25, 0.3) is 0 Å². The highest BCUT2D eigenvalue weighted by Crippen LogP contribution is 2.21. The first-order valence-corrected chi connectivity index (χ1v) is 6.22. The van der Waals surface area contributed by atoms with E-state index in [1.807, 2.05) is 18.2 Å². The second-order valence-electron chi connectivity index (χ2n) is 4.03. The summed E-state index contributed by atoms with van der Waals surface area (Å²) < 4.78 is 18.5. The van der Waals surface area contributed by atoms with Gasteiger partial charge >= 0.3 is 0 Å². The number of hydrogen-bond donors (Lipinski definition) is 0. The summed E-state index contributed by atoms with van der Waals surface area (Å²) in [6, 6.07) is 12.0. The molecule has 18 heavy (non-hydrogen) atoms. The maximum Gasteiger partial charge on any atom is 0.126 e. The summed E-state index contributed by atoms with van der Waals surface area (Å²) in [4.78, 5) is 0. The maximum atomic E-state index is 13.0. The molecule has 0 amide bonds. The lowest BCUT2D eigenvalue weighted by molar-refractivity contribution is 0.304. The molecule has 0 N–H and O–H groups in total. The molecular formula is C15H14ClFO. The quantitative estimate of drug-likeness (QED) is 0.783. The highest BCUT2D eigenvalue weighted by Gasteiger charge is 2.03. The summed E-state index contributed by atoms with van der Waals surface area (Å²) >= 11 is 6.15. The maximum absolute atomic E-state index is 13.0. The number of aryl methyl sites for hydroxylation is 1. The Morgan fingerprint density at radius 1 is 1.17 bits per heavy atom. The predicted molar refractivity (Wildman–Crippen MR) is 71.6 cm³/mol. The van der Waals surface area contributed by atoms with Crippen molar-refractivity contribution < 1.29 is 9.13 Å². The minimum absolute atomic E-state index is 0.306. The third kappa shape index (κ3) is 3.23. The van der Waals surface area contributed by atoms with Crippen molar-refractivity contribution in [3.05, 3.63) is 64.4 Å². The van der Waals surface area contributed by atoms with Crippen LogP contribution in [0.25, 0.3) is 0 Å². The van der Waals surface area contributed by atoms with Gasteiger partial charge in [-0.3, -0.25) is 0 Å². The molecule has 0 spiro atoms. The molecule has 0 aromatic heterocycles. The van der Waals surface area contributed by atoms with Crippen molar-refractivity contribution in [3.63, 3.8) is 0 Å². The topological polar surface area (TPSA) is 9.23 Å². The average Bonchev–Trinajstić information content (AvgIpc) is 2.37. The molecule has 1 nitrogen and oxygen atoms in total. The van der Waals surface area contributed by atoms with E-state index in [9.17, 15) is 4.39 Å². The van der Waals surface area contributed by atoms with Crippen molar-refractivity contribution in [3.8, 4) is 5.75 Å². The van der Waals surface area contributed by atoms with E-state index in [0.29, 0.717) is 17.4 Å². The zero-order valence-corrected chi connectivity index (χ0v) is 10.9. The molecule has 0 aliphatic rings. The molecule has 2 aromatic rings. The summed E-state index contributed by atoms with van der Waals surface area (Å²) in [5.74, 6) is 0.200. The molecule has 0 heterocycles. The third-order valence-electron chi connectivity index (χ3n) is 2.72. The molecule has 3 heteroatoms. The zero-order valence-electron chi connectivity index (χ0n) is 10.1. The second-order valence-corrected chi connectivity index (χ2v) is 4.43. The van der Waals surface area contributed by atoms with E-state index in [-0.39, 0.29) is 5.82 Å². The summed E-state index contributed by atoms with van der Waals surface area (Å²) in [5.41, 5.74) is 2.09. The fourth-order valence-electron chi connectivity index (χ4n) is 1.65. The van der Waals surface area contributed by atoms with Gasteiger partial charge in [-0.05, 0) is 30.2 Å². The fraction of sp³-hybridized carbons (Fsp3) is 0.200. The first kappa shape index (κ1) is 12.9. The number of hydrogen-bond acceptors (Lipinski definition) is 1. The largest absolute Gasteiger partial charge is 0.489 e. The predicted octanol–water partition coefficient (Wildman–Crippen LogP) is 4.62. The number of halogens is 2. The van der Waals surface area contributed by atoms with Crippen LogP contribution in [-0.2, 0) is 13.0 Å². The van der Waals surface area contributed by atoms with Crippen LogP contribution in [0.3, 0.4) is 0 Å². The first-order valence-electron chi connectivity index (χ1n) is 5.84. The van der Waals surface area contributed by atoms with E-state index >= 15 is 0 Å². The van der Waals surface area contributed by atoms with Gasteiger partial charge < -0.3 is 4.74 Å². The fourth-order valence-corrected chi connectivity index (χ4v) is 1.90.